The Bertz CT molecular complexity index is 530. The lowest BCUT2D eigenvalue weighted by Gasteiger charge is -2.08. The van der Waals surface area contributed by atoms with E-state index < -0.39 is 0 Å². The van der Waals surface area contributed by atoms with E-state index in [1.165, 1.54) is 6.07 Å². The summed E-state index contributed by atoms with van der Waals surface area (Å²) < 4.78 is 18.6. The second-order valence-corrected chi connectivity index (χ2v) is 5.55. The number of amides is 1. The number of ether oxygens (including phenoxy) is 1. The van der Waals surface area contributed by atoms with Crippen molar-refractivity contribution in [3.8, 4) is 0 Å². The standard InChI is InChI=1S/C16H20FNO3/c1-10(2)21-15(19)7-8-18-16(20)13-9-12(13)11-5-3-4-6-14(11)17/h3-6,10,12-13H,7-9H2,1-2H3,(H,18,20). The van der Waals surface area contributed by atoms with Crippen LogP contribution in [0.4, 0.5) is 4.39 Å². The first kappa shape index (κ1) is 15.5. The zero-order valence-corrected chi connectivity index (χ0v) is 12.3. The minimum absolute atomic E-state index is 0.0474. The monoisotopic (exact) mass is 293 g/mol. The summed E-state index contributed by atoms with van der Waals surface area (Å²) in [7, 11) is 0. The van der Waals surface area contributed by atoms with Gasteiger partial charge in [0.15, 0.2) is 0 Å². The minimum atomic E-state index is -0.327. The summed E-state index contributed by atoms with van der Waals surface area (Å²) in [4.78, 5) is 23.2. The van der Waals surface area contributed by atoms with Gasteiger partial charge in [-0.1, -0.05) is 18.2 Å². The van der Waals surface area contributed by atoms with Crippen LogP contribution in [-0.2, 0) is 14.3 Å². The van der Waals surface area contributed by atoms with Crippen molar-refractivity contribution in [3.63, 3.8) is 0 Å². The summed E-state index contributed by atoms with van der Waals surface area (Å²) in [5.41, 5.74) is 0.594. The Hall–Kier alpha value is -1.91. The molecule has 2 unspecified atom stereocenters. The molecule has 1 N–H and O–H groups in total. The fourth-order valence-corrected chi connectivity index (χ4v) is 2.34. The first-order valence-electron chi connectivity index (χ1n) is 7.20. The molecule has 1 aromatic carbocycles. The number of hydrogen-bond donors (Lipinski definition) is 1. The Kier molecular flexibility index (Phi) is 4.94. The Labute approximate surface area is 123 Å². The third kappa shape index (κ3) is 4.28. The van der Waals surface area contributed by atoms with Gasteiger partial charge in [0, 0.05) is 12.5 Å². The maximum absolute atomic E-state index is 13.6. The van der Waals surface area contributed by atoms with Crippen LogP contribution >= 0.6 is 0 Å². The van der Waals surface area contributed by atoms with Crippen LogP contribution in [0.5, 0.6) is 0 Å². The Morgan fingerprint density at radius 2 is 2.10 bits per heavy atom. The van der Waals surface area contributed by atoms with Crippen molar-refractivity contribution < 1.29 is 18.7 Å². The molecule has 21 heavy (non-hydrogen) atoms. The van der Waals surface area contributed by atoms with Crippen molar-refractivity contribution >= 4 is 11.9 Å². The lowest BCUT2D eigenvalue weighted by molar-refractivity contribution is -0.147. The first-order valence-corrected chi connectivity index (χ1v) is 7.20. The molecular formula is C16H20FNO3. The number of nitrogens with one attached hydrogen (secondary N) is 1. The van der Waals surface area contributed by atoms with Gasteiger partial charge >= 0.3 is 5.97 Å². The third-order valence-corrected chi connectivity index (χ3v) is 3.43. The molecule has 1 fully saturated rings. The molecule has 1 amide bonds. The van der Waals surface area contributed by atoms with Crippen LogP contribution in [0.25, 0.3) is 0 Å². The highest BCUT2D eigenvalue weighted by Crippen LogP contribution is 2.48. The normalized spacial score (nSPS) is 20.2. The molecule has 114 valence electrons. The van der Waals surface area contributed by atoms with Gasteiger partial charge in [-0.3, -0.25) is 9.59 Å². The van der Waals surface area contributed by atoms with Crippen LogP contribution in [0.2, 0.25) is 0 Å². The van der Waals surface area contributed by atoms with E-state index in [1.807, 2.05) is 0 Å². The molecule has 0 saturated heterocycles. The first-order chi connectivity index (χ1) is 9.99. The van der Waals surface area contributed by atoms with Crippen molar-refractivity contribution in [2.75, 3.05) is 6.54 Å². The SMILES string of the molecule is CC(C)OC(=O)CCNC(=O)C1CC1c1ccccc1F. The number of halogens is 1. The topological polar surface area (TPSA) is 55.4 Å². The molecular weight excluding hydrogens is 273 g/mol. The minimum Gasteiger partial charge on any atom is -0.463 e. The average molecular weight is 293 g/mol. The lowest BCUT2D eigenvalue weighted by Crippen LogP contribution is -2.28. The smallest absolute Gasteiger partial charge is 0.307 e. The van der Waals surface area contributed by atoms with E-state index >= 15 is 0 Å². The summed E-state index contributed by atoms with van der Waals surface area (Å²) in [6.07, 6.45) is 0.659. The van der Waals surface area contributed by atoms with Crippen LogP contribution in [0.1, 0.15) is 38.2 Å². The second kappa shape index (κ2) is 6.70. The number of carbonyl (C=O) groups is 2. The highest BCUT2D eigenvalue weighted by molar-refractivity contribution is 5.83. The molecule has 1 saturated carbocycles. The molecule has 1 aliphatic rings. The van der Waals surface area contributed by atoms with Crippen LogP contribution in [-0.4, -0.2) is 24.5 Å². The van der Waals surface area contributed by atoms with Gasteiger partial charge in [-0.25, -0.2) is 4.39 Å². The van der Waals surface area contributed by atoms with Crippen LogP contribution < -0.4 is 5.32 Å². The van der Waals surface area contributed by atoms with E-state index in [4.69, 9.17) is 4.74 Å². The highest BCUT2D eigenvalue weighted by Gasteiger charge is 2.44. The van der Waals surface area contributed by atoms with Crippen LogP contribution in [0, 0.1) is 11.7 Å². The number of rotatable bonds is 6. The molecule has 0 aromatic heterocycles. The Morgan fingerprint density at radius 3 is 2.76 bits per heavy atom. The van der Waals surface area contributed by atoms with E-state index in [0.29, 0.717) is 12.0 Å². The van der Waals surface area contributed by atoms with Gasteiger partial charge in [0.25, 0.3) is 0 Å². The van der Waals surface area contributed by atoms with E-state index in [2.05, 4.69) is 5.32 Å². The molecule has 2 atom stereocenters. The second-order valence-electron chi connectivity index (χ2n) is 5.55. The molecule has 0 bridgehead atoms. The van der Waals surface area contributed by atoms with Crippen molar-refractivity contribution in [3.05, 3.63) is 35.6 Å². The molecule has 0 spiro atoms. The number of carbonyl (C=O) groups excluding carboxylic acids is 2. The van der Waals surface area contributed by atoms with E-state index in [1.54, 1.807) is 32.0 Å². The zero-order chi connectivity index (χ0) is 15.4. The van der Waals surface area contributed by atoms with Crippen molar-refractivity contribution in [1.29, 1.82) is 0 Å². The number of esters is 1. The predicted molar refractivity (Wildman–Crippen MR) is 76.1 cm³/mol. The maximum atomic E-state index is 13.6. The fourth-order valence-electron chi connectivity index (χ4n) is 2.34. The average Bonchev–Trinajstić information content (AvgIpc) is 3.18. The maximum Gasteiger partial charge on any atom is 0.307 e. The molecule has 0 aliphatic heterocycles. The summed E-state index contributed by atoms with van der Waals surface area (Å²) >= 11 is 0. The number of benzene rings is 1. The van der Waals surface area contributed by atoms with E-state index in [-0.39, 0.29) is 48.6 Å². The molecule has 5 heteroatoms. The van der Waals surface area contributed by atoms with Gasteiger partial charge in [0.1, 0.15) is 5.82 Å². The Morgan fingerprint density at radius 1 is 1.38 bits per heavy atom. The fraction of sp³-hybridized carbons (Fsp3) is 0.500. The van der Waals surface area contributed by atoms with Crippen molar-refractivity contribution in [1.82, 2.24) is 5.32 Å². The van der Waals surface area contributed by atoms with Crippen molar-refractivity contribution in [2.45, 2.75) is 38.7 Å². The lowest BCUT2D eigenvalue weighted by atomic mass is 10.1. The summed E-state index contributed by atoms with van der Waals surface area (Å²) in [6.45, 7) is 3.81. The van der Waals surface area contributed by atoms with Gasteiger partial charge in [-0.05, 0) is 37.8 Å². The van der Waals surface area contributed by atoms with Gasteiger partial charge < -0.3 is 10.1 Å². The van der Waals surface area contributed by atoms with E-state index in [9.17, 15) is 14.0 Å². The van der Waals surface area contributed by atoms with Gasteiger partial charge in [-0.2, -0.15) is 0 Å². The largest absolute Gasteiger partial charge is 0.463 e. The summed E-state index contributed by atoms with van der Waals surface area (Å²) in [5.74, 6) is -0.956. The molecule has 0 heterocycles. The molecule has 1 aromatic rings. The summed E-state index contributed by atoms with van der Waals surface area (Å²) in [5, 5.41) is 2.71. The van der Waals surface area contributed by atoms with E-state index in [0.717, 1.165) is 0 Å². The predicted octanol–water partition coefficient (Wildman–Crippen LogP) is 2.39. The third-order valence-electron chi connectivity index (χ3n) is 3.43. The summed E-state index contributed by atoms with van der Waals surface area (Å²) in [6, 6.07) is 6.53. The molecule has 1 aliphatic carbocycles. The number of hydrogen-bond acceptors (Lipinski definition) is 3. The van der Waals surface area contributed by atoms with Crippen molar-refractivity contribution in [2.24, 2.45) is 5.92 Å². The van der Waals surface area contributed by atoms with Crippen LogP contribution in [0.3, 0.4) is 0 Å². The van der Waals surface area contributed by atoms with Gasteiger partial charge in [-0.15, -0.1) is 0 Å². The Balaban J connectivity index is 1.74. The molecule has 2 rings (SSSR count). The zero-order valence-electron chi connectivity index (χ0n) is 12.3. The van der Waals surface area contributed by atoms with Crippen LogP contribution in [0.15, 0.2) is 24.3 Å². The molecule has 0 radical (unpaired) electrons. The molecule has 4 nitrogen and oxygen atoms in total. The van der Waals surface area contributed by atoms with Gasteiger partial charge in [0.05, 0.1) is 12.5 Å². The van der Waals surface area contributed by atoms with Gasteiger partial charge in [0.2, 0.25) is 5.91 Å². The quantitative estimate of drug-likeness (QED) is 0.819. The highest BCUT2D eigenvalue weighted by atomic mass is 19.1.